The van der Waals surface area contributed by atoms with Crippen molar-refractivity contribution in [2.75, 3.05) is 0 Å². The van der Waals surface area contributed by atoms with E-state index in [-0.39, 0.29) is 0 Å². The summed E-state index contributed by atoms with van der Waals surface area (Å²) < 4.78 is 5.26. The van der Waals surface area contributed by atoms with Gasteiger partial charge in [-0.2, -0.15) is 4.37 Å². The molecule has 2 rings (SSSR count). The minimum Gasteiger partial charge on any atom is -0.264 e. The normalized spacial score (nSPS) is 10.4. The van der Waals surface area contributed by atoms with Crippen LogP contribution in [0, 0.1) is 3.01 Å². The Balaban J connectivity index is 2.50. The summed E-state index contributed by atoms with van der Waals surface area (Å²) in [5, 5.41) is 0. The molecule has 14 heavy (non-hydrogen) atoms. The van der Waals surface area contributed by atoms with Crippen LogP contribution in [0.25, 0.3) is 11.4 Å². The first-order valence-corrected chi connectivity index (χ1v) is 6.09. The second-order valence-electron chi connectivity index (χ2n) is 2.76. The largest absolute Gasteiger partial charge is 0.264 e. The predicted octanol–water partition coefficient (Wildman–Crippen LogP) is 2.77. The van der Waals surface area contributed by atoms with Gasteiger partial charge in [-0.05, 0) is 52.2 Å². The summed E-state index contributed by atoms with van der Waals surface area (Å²) >= 11 is 3.60. The van der Waals surface area contributed by atoms with Crippen LogP contribution in [0.5, 0.6) is 0 Å². The van der Waals surface area contributed by atoms with Crippen molar-refractivity contribution in [3.8, 4) is 11.4 Å². The van der Waals surface area contributed by atoms with Crippen molar-refractivity contribution in [3.05, 3.63) is 27.0 Å². The molecule has 0 amide bonds. The van der Waals surface area contributed by atoms with Gasteiger partial charge in [0.1, 0.15) is 0 Å². The maximum atomic E-state index is 4.36. The van der Waals surface area contributed by atoms with Gasteiger partial charge in [0, 0.05) is 18.0 Å². The topological polar surface area (TPSA) is 38.7 Å². The predicted molar refractivity (Wildman–Crippen MR) is 65.2 cm³/mol. The molecule has 0 bridgehead atoms. The van der Waals surface area contributed by atoms with Crippen LogP contribution in [-0.2, 0) is 6.42 Å². The van der Waals surface area contributed by atoms with Gasteiger partial charge in [0.15, 0.2) is 8.84 Å². The first kappa shape index (κ1) is 9.97. The Labute approximate surface area is 99.9 Å². The highest BCUT2D eigenvalue weighted by Gasteiger charge is 2.08. The Hall–Kier alpha value is -0.560. The van der Waals surface area contributed by atoms with E-state index in [9.17, 15) is 0 Å². The molecule has 0 fully saturated rings. The highest BCUT2D eigenvalue weighted by molar-refractivity contribution is 14.1. The van der Waals surface area contributed by atoms with Gasteiger partial charge in [0.2, 0.25) is 0 Å². The molecule has 2 aromatic rings. The standard InChI is InChI=1S/C9H8IN3S/c1-2-6-5-11-4-3-7(6)8-12-9(10)14-13-8/h3-5H,2H2,1H3. The lowest BCUT2D eigenvalue weighted by Crippen LogP contribution is -1.90. The van der Waals surface area contributed by atoms with Crippen LogP contribution in [0.2, 0.25) is 0 Å². The molecule has 0 aromatic carbocycles. The molecule has 5 heteroatoms. The number of hydrogen-bond donors (Lipinski definition) is 0. The molecule has 0 aliphatic rings. The molecule has 0 aliphatic heterocycles. The fourth-order valence-electron chi connectivity index (χ4n) is 1.24. The number of aromatic nitrogens is 3. The van der Waals surface area contributed by atoms with Crippen LogP contribution in [0.15, 0.2) is 18.5 Å². The molecular formula is C9H8IN3S. The molecule has 0 N–H and O–H groups in total. The number of rotatable bonds is 2. The second-order valence-corrected chi connectivity index (χ2v) is 5.26. The Bertz CT molecular complexity index is 441. The van der Waals surface area contributed by atoms with Crippen molar-refractivity contribution in [2.45, 2.75) is 13.3 Å². The van der Waals surface area contributed by atoms with Crippen molar-refractivity contribution in [3.63, 3.8) is 0 Å². The van der Waals surface area contributed by atoms with Crippen LogP contribution < -0.4 is 0 Å². The third-order valence-electron chi connectivity index (χ3n) is 1.93. The van der Waals surface area contributed by atoms with Crippen molar-refractivity contribution in [2.24, 2.45) is 0 Å². The fraction of sp³-hybridized carbons (Fsp3) is 0.222. The van der Waals surface area contributed by atoms with Gasteiger partial charge in [-0.3, -0.25) is 4.98 Å². The maximum Gasteiger partial charge on any atom is 0.174 e. The Morgan fingerprint density at radius 1 is 1.50 bits per heavy atom. The van der Waals surface area contributed by atoms with E-state index in [1.54, 1.807) is 6.20 Å². The number of halogens is 1. The van der Waals surface area contributed by atoms with E-state index < -0.39 is 0 Å². The second kappa shape index (κ2) is 4.31. The molecule has 3 nitrogen and oxygen atoms in total. The van der Waals surface area contributed by atoms with Crippen molar-refractivity contribution < 1.29 is 0 Å². The summed E-state index contributed by atoms with van der Waals surface area (Å²) in [6, 6.07) is 1.97. The van der Waals surface area contributed by atoms with Crippen molar-refractivity contribution in [1.29, 1.82) is 0 Å². The lowest BCUT2D eigenvalue weighted by molar-refractivity contribution is 1.09. The number of hydrogen-bond acceptors (Lipinski definition) is 4. The number of nitrogens with zero attached hydrogens (tertiary/aromatic N) is 3. The molecule has 2 heterocycles. The molecule has 0 spiro atoms. The summed E-state index contributed by atoms with van der Waals surface area (Å²) in [6.45, 7) is 2.11. The van der Waals surface area contributed by atoms with E-state index in [0.717, 1.165) is 20.8 Å². The lowest BCUT2D eigenvalue weighted by atomic mass is 10.1. The minimum absolute atomic E-state index is 0.818. The van der Waals surface area contributed by atoms with E-state index >= 15 is 0 Å². The zero-order valence-electron chi connectivity index (χ0n) is 7.57. The molecular weight excluding hydrogens is 309 g/mol. The third-order valence-corrected chi connectivity index (χ3v) is 3.26. The van der Waals surface area contributed by atoms with Crippen molar-refractivity contribution >= 4 is 34.1 Å². The first-order chi connectivity index (χ1) is 6.81. The SMILES string of the molecule is CCc1cnccc1-c1nsc(I)n1. The maximum absolute atomic E-state index is 4.36. The Morgan fingerprint density at radius 2 is 2.36 bits per heavy atom. The monoisotopic (exact) mass is 317 g/mol. The minimum atomic E-state index is 0.818. The fourth-order valence-corrected chi connectivity index (χ4v) is 2.19. The zero-order valence-corrected chi connectivity index (χ0v) is 10.5. The summed E-state index contributed by atoms with van der Waals surface area (Å²) in [5.74, 6) is 0.818. The lowest BCUT2D eigenvalue weighted by Gasteiger charge is -2.01. The van der Waals surface area contributed by atoms with Crippen LogP contribution in [0.3, 0.4) is 0 Å². The number of pyridine rings is 1. The molecule has 72 valence electrons. The van der Waals surface area contributed by atoms with E-state index in [0.29, 0.717) is 0 Å². The van der Waals surface area contributed by atoms with Gasteiger partial charge >= 0.3 is 0 Å². The molecule has 0 saturated carbocycles. The highest BCUT2D eigenvalue weighted by atomic mass is 127. The molecule has 0 atom stereocenters. The summed E-state index contributed by atoms with van der Waals surface area (Å²) in [6.07, 6.45) is 4.62. The quantitative estimate of drug-likeness (QED) is 0.800. The summed E-state index contributed by atoms with van der Waals surface area (Å²) in [5.41, 5.74) is 2.29. The van der Waals surface area contributed by atoms with E-state index in [2.05, 4.69) is 43.9 Å². The van der Waals surface area contributed by atoms with Crippen molar-refractivity contribution in [1.82, 2.24) is 14.3 Å². The van der Waals surface area contributed by atoms with Crippen LogP contribution in [0.4, 0.5) is 0 Å². The average molecular weight is 317 g/mol. The first-order valence-electron chi connectivity index (χ1n) is 4.23. The number of aryl methyl sites for hydroxylation is 1. The highest BCUT2D eigenvalue weighted by Crippen LogP contribution is 2.22. The molecule has 0 radical (unpaired) electrons. The van der Waals surface area contributed by atoms with Gasteiger partial charge in [0.25, 0.3) is 0 Å². The Kier molecular flexibility index (Phi) is 3.07. The molecule has 0 unspecified atom stereocenters. The third kappa shape index (κ3) is 1.93. The van der Waals surface area contributed by atoms with E-state index in [1.165, 1.54) is 17.1 Å². The van der Waals surface area contributed by atoms with Gasteiger partial charge in [-0.1, -0.05) is 6.92 Å². The van der Waals surface area contributed by atoms with Gasteiger partial charge in [-0.15, -0.1) is 0 Å². The van der Waals surface area contributed by atoms with Gasteiger partial charge in [-0.25, -0.2) is 4.98 Å². The molecule has 0 aliphatic carbocycles. The van der Waals surface area contributed by atoms with Crippen LogP contribution >= 0.6 is 34.1 Å². The average Bonchev–Trinajstić information content (AvgIpc) is 2.65. The Morgan fingerprint density at radius 3 is 3.00 bits per heavy atom. The van der Waals surface area contributed by atoms with Crippen LogP contribution in [-0.4, -0.2) is 14.3 Å². The summed E-state index contributed by atoms with van der Waals surface area (Å²) in [7, 11) is 0. The zero-order chi connectivity index (χ0) is 9.97. The smallest absolute Gasteiger partial charge is 0.174 e. The molecule has 2 aromatic heterocycles. The van der Waals surface area contributed by atoms with Gasteiger partial charge in [0.05, 0.1) is 0 Å². The van der Waals surface area contributed by atoms with Gasteiger partial charge < -0.3 is 0 Å². The van der Waals surface area contributed by atoms with E-state index in [1.807, 2.05) is 12.3 Å². The molecule has 0 saturated heterocycles. The summed E-state index contributed by atoms with van der Waals surface area (Å²) in [4.78, 5) is 8.45. The van der Waals surface area contributed by atoms with Crippen LogP contribution in [0.1, 0.15) is 12.5 Å². The van der Waals surface area contributed by atoms with E-state index in [4.69, 9.17) is 0 Å².